The van der Waals surface area contributed by atoms with Gasteiger partial charge in [-0.25, -0.2) is 0 Å². The SMILES string of the molecule is Cc1cnccc1CN=C1NC(C)(C)CS1. The first-order valence-electron chi connectivity index (χ1n) is 5.42. The number of nitrogens with one attached hydrogen (secondary N) is 1. The maximum absolute atomic E-state index is 4.59. The molecule has 1 aliphatic heterocycles. The fourth-order valence-corrected chi connectivity index (χ4v) is 2.61. The molecule has 0 radical (unpaired) electrons. The average molecular weight is 235 g/mol. The molecule has 0 atom stereocenters. The molecule has 1 N–H and O–H groups in total. The number of hydrogen-bond donors (Lipinski definition) is 1. The first-order chi connectivity index (χ1) is 7.57. The summed E-state index contributed by atoms with van der Waals surface area (Å²) in [6, 6.07) is 2.03. The van der Waals surface area contributed by atoms with Crippen molar-refractivity contribution in [3.05, 3.63) is 29.6 Å². The van der Waals surface area contributed by atoms with Crippen LogP contribution in [0.2, 0.25) is 0 Å². The smallest absolute Gasteiger partial charge is 0.157 e. The van der Waals surface area contributed by atoms with E-state index in [0.717, 1.165) is 17.5 Å². The van der Waals surface area contributed by atoms with E-state index in [4.69, 9.17) is 0 Å². The van der Waals surface area contributed by atoms with Crippen LogP contribution in [0.3, 0.4) is 0 Å². The van der Waals surface area contributed by atoms with Crippen molar-refractivity contribution in [2.24, 2.45) is 4.99 Å². The molecule has 2 rings (SSSR count). The number of pyridine rings is 1. The number of thioether (sulfide) groups is 1. The second kappa shape index (κ2) is 4.45. The summed E-state index contributed by atoms with van der Waals surface area (Å²) >= 11 is 1.80. The van der Waals surface area contributed by atoms with Crippen LogP contribution in [0.1, 0.15) is 25.0 Å². The fraction of sp³-hybridized carbons (Fsp3) is 0.500. The van der Waals surface area contributed by atoms with Gasteiger partial charge in [0.2, 0.25) is 0 Å². The zero-order chi connectivity index (χ0) is 11.6. The summed E-state index contributed by atoms with van der Waals surface area (Å²) < 4.78 is 0. The molecule has 0 amide bonds. The van der Waals surface area contributed by atoms with Gasteiger partial charge >= 0.3 is 0 Å². The minimum atomic E-state index is 0.177. The second-order valence-corrected chi connectivity index (χ2v) is 5.69. The largest absolute Gasteiger partial charge is 0.359 e. The molecule has 0 saturated carbocycles. The van der Waals surface area contributed by atoms with Crippen molar-refractivity contribution in [2.75, 3.05) is 5.75 Å². The molecule has 2 heterocycles. The van der Waals surface area contributed by atoms with Gasteiger partial charge in [0.1, 0.15) is 0 Å². The summed E-state index contributed by atoms with van der Waals surface area (Å²) in [5.74, 6) is 1.08. The Kier molecular flexibility index (Phi) is 3.19. The summed E-state index contributed by atoms with van der Waals surface area (Å²) in [5, 5.41) is 4.47. The molecular formula is C12H17N3S. The van der Waals surface area contributed by atoms with Crippen molar-refractivity contribution >= 4 is 16.9 Å². The van der Waals surface area contributed by atoms with Crippen LogP contribution in [-0.4, -0.2) is 21.4 Å². The molecule has 1 aromatic heterocycles. The lowest BCUT2D eigenvalue weighted by Gasteiger charge is -2.15. The van der Waals surface area contributed by atoms with Crippen molar-refractivity contribution in [3.63, 3.8) is 0 Å². The average Bonchev–Trinajstić information content (AvgIpc) is 2.57. The van der Waals surface area contributed by atoms with Crippen LogP contribution in [0.15, 0.2) is 23.5 Å². The second-order valence-electron chi connectivity index (χ2n) is 4.72. The zero-order valence-corrected chi connectivity index (χ0v) is 10.8. The van der Waals surface area contributed by atoms with Gasteiger partial charge in [-0.05, 0) is 38.0 Å². The van der Waals surface area contributed by atoms with Gasteiger partial charge in [-0.2, -0.15) is 0 Å². The van der Waals surface area contributed by atoms with Crippen LogP contribution in [0.5, 0.6) is 0 Å². The molecule has 0 aliphatic carbocycles. The van der Waals surface area contributed by atoms with Crippen molar-refractivity contribution in [2.45, 2.75) is 32.9 Å². The summed E-state index contributed by atoms with van der Waals surface area (Å²) in [4.78, 5) is 8.67. The van der Waals surface area contributed by atoms with E-state index in [1.807, 2.05) is 18.5 Å². The van der Waals surface area contributed by atoms with Gasteiger partial charge in [0.25, 0.3) is 0 Å². The van der Waals surface area contributed by atoms with E-state index < -0.39 is 0 Å². The molecule has 3 nitrogen and oxygen atoms in total. The molecule has 0 spiro atoms. The Morgan fingerprint density at radius 1 is 1.56 bits per heavy atom. The molecule has 1 aromatic rings. The molecular weight excluding hydrogens is 218 g/mol. The van der Waals surface area contributed by atoms with Gasteiger partial charge in [0.05, 0.1) is 6.54 Å². The third kappa shape index (κ3) is 2.76. The normalized spacial score (nSPS) is 21.1. The minimum Gasteiger partial charge on any atom is -0.359 e. The van der Waals surface area contributed by atoms with Crippen molar-refractivity contribution in [1.29, 1.82) is 0 Å². The Labute approximate surface area is 101 Å². The number of aliphatic imine (C=N–C) groups is 1. The molecule has 0 aromatic carbocycles. The van der Waals surface area contributed by atoms with Gasteiger partial charge in [0.15, 0.2) is 5.17 Å². The molecule has 1 aliphatic rings. The Morgan fingerprint density at radius 3 is 3.00 bits per heavy atom. The van der Waals surface area contributed by atoms with Gasteiger partial charge in [-0.3, -0.25) is 9.98 Å². The van der Waals surface area contributed by atoms with E-state index in [9.17, 15) is 0 Å². The van der Waals surface area contributed by atoms with Gasteiger partial charge in [-0.1, -0.05) is 11.8 Å². The standard InChI is InChI=1S/C12H17N3S/c1-9-6-13-5-4-10(9)7-14-11-15-12(2,3)8-16-11/h4-6H,7-8H2,1-3H3,(H,14,15). The van der Waals surface area contributed by atoms with Crippen LogP contribution in [-0.2, 0) is 6.54 Å². The molecule has 0 bridgehead atoms. The monoisotopic (exact) mass is 235 g/mol. The summed E-state index contributed by atoms with van der Waals surface area (Å²) in [6.45, 7) is 7.20. The number of rotatable bonds is 2. The van der Waals surface area contributed by atoms with E-state index >= 15 is 0 Å². The predicted octanol–water partition coefficient (Wildman–Crippen LogP) is 2.36. The Morgan fingerprint density at radius 2 is 2.38 bits per heavy atom. The van der Waals surface area contributed by atoms with E-state index in [-0.39, 0.29) is 5.54 Å². The quantitative estimate of drug-likeness (QED) is 0.855. The number of nitrogens with zero attached hydrogens (tertiary/aromatic N) is 2. The van der Waals surface area contributed by atoms with Crippen molar-refractivity contribution < 1.29 is 0 Å². The molecule has 86 valence electrons. The fourth-order valence-electron chi connectivity index (χ4n) is 1.53. The topological polar surface area (TPSA) is 37.3 Å². The molecule has 4 heteroatoms. The highest BCUT2D eigenvalue weighted by Gasteiger charge is 2.26. The molecule has 1 fully saturated rings. The number of aryl methyl sites for hydroxylation is 1. The Balaban J connectivity index is 2.03. The maximum atomic E-state index is 4.59. The third-order valence-electron chi connectivity index (χ3n) is 2.54. The molecule has 1 saturated heterocycles. The highest BCUT2D eigenvalue weighted by molar-refractivity contribution is 8.14. The number of hydrogen-bond acceptors (Lipinski definition) is 3. The zero-order valence-electron chi connectivity index (χ0n) is 9.95. The minimum absolute atomic E-state index is 0.177. The summed E-state index contributed by atoms with van der Waals surface area (Å²) in [5.41, 5.74) is 2.63. The van der Waals surface area contributed by atoms with Gasteiger partial charge < -0.3 is 5.32 Å². The van der Waals surface area contributed by atoms with Crippen molar-refractivity contribution in [1.82, 2.24) is 10.3 Å². The van der Waals surface area contributed by atoms with Gasteiger partial charge in [-0.15, -0.1) is 0 Å². The Bertz CT molecular complexity index is 412. The van der Waals surface area contributed by atoms with Crippen LogP contribution < -0.4 is 5.32 Å². The first-order valence-corrected chi connectivity index (χ1v) is 6.40. The number of aromatic nitrogens is 1. The highest BCUT2D eigenvalue weighted by Crippen LogP contribution is 2.22. The molecule has 16 heavy (non-hydrogen) atoms. The molecule has 0 unspecified atom stereocenters. The maximum Gasteiger partial charge on any atom is 0.157 e. The highest BCUT2D eigenvalue weighted by atomic mass is 32.2. The van der Waals surface area contributed by atoms with Crippen LogP contribution in [0, 0.1) is 6.92 Å². The van der Waals surface area contributed by atoms with Gasteiger partial charge in [0, 0.05) is 23.7 Å². The first kappa shape index (κ1) is 11.5. The lowest BCUT2D eigenvalue weighted by Crippen LogP contribution is -2.36. The lowest BCUT2D eigenvalue weighted by molar-refractivity contribution is 0.536. The summed E-state index contributed by atoms with van der Waals surface area (Å²) in [7, 11) is 0. The van der Waals surface area contributed by atoms with Crippen LogP contribution >= 0.6 is 11.8 Å². The third-order valence-corrected chi connectivity index (χ3v) is 3.92. The van der Waals surface area contributed by atoms with E-state index in [1.54, 1.807) is 11.8 Å². The number of amidine groups is 1. The van der Waals surface area contributed by atoms with E-state index in [0.29, 0.717) is 0 Å². The summed E-state index contributed by atoms with van der Waals surface area (Å²) in [6.07, 6.45) is 3.70. The Hall–Kier alpha value is -1.03. The lowest BCUT2D eigenvalue weighted by atomic mass is 10.1. The van der Waals surface area contributed by atoms with Crippen LogP contribution in [0.4, 0.5) is 0 Å². The predicted molar refractivity (Wildman–Crippen MR) is 69.8 cm³/mol. The van der Waals surface area contributed by atoms with Crippen molar-refractivity contribution in [3.8, 4) is 0 Å². The van der Waals surface area contributed by atoms with Crippen LogP contribution in [0.25, 0.3) is 0 Å². The van der Waals surface area contributed by atoms with E-state index in [1.165, 1.54) is 11.1 Å². The van der Waals surface area contributed by atoms with E-state index in [2.05, 4.69) is 36.1 Å².